The molecule has 3 aliphatic carbocycles. The first kappa shape index (κ1) is 16.5. The minimum Gasteiger partial charge on any atom is -0.290 e. The highest BCUT2D eigenvalue weighted by Gasteiger charge is 2.53. The summed E-state index contributed by atoms with van der Waals surface area (Å²) in [4.78, 5) is 11.9. The lowest BCUT2D eigenvalue weighted by molar-refractivity contribution is -0.111. The van der Waals surface area contributed by atoms with Gasteiger partial charge in [0.15, 0.2) is 5.78 Å². The molecule has 23 heavy (non-hydrogen) atoms. The fourth-order valence-electron chi connectivity index (χ4n) is 5.61. The van der Waals surface area contributed by atoms with E-state index in [1.807, 2.05) is 6.08 Å². The van der Waals surface area contributed by atoms with Crippen LogP contribution in [0.4, 0.5) is 0 Å². The van der Waals surface area contributed by atoms with Gasteiger partial charge in [-0.05, 0) is 73.0 Å². The summed E-state index contributed by atoms with van der Waals surface area (Å²) in [7, 11) is 0. The summed E-state index contributed by atoms with van der Waals surface area (Å²) in [6.07, 6.45) is 13.8. The largest absolute Gasteiger partial charge is 0.290 e. The van der Waals surface area contributed by atoms with E-state index in [0.29, 0.717) is 23.2 Å². The normalized spacial score (nSPS) is 38.6. The zero-order valence-electron chi connectivity index (χ0n) is 14.9. The fraction of sp³-hybridized carbons (Fsp3) is 0.591. The Hall–Kier alpha value is -1.37. The van der Waals surface area contributed by atoms with Crippen molar-refractivity contribution in [1.29, 1.82) is 0 Å². The first-order valence-electron chi connectivity index (χ1n) is 9.04. The maximum Gasteiger partial charge on any atom is 0.178 e. The summed E-state index contributed by atoms with van der Waals surface area (Å²) in [5.74, 6) is 2.13. The molecule has 124 valence electrons. The van der Waals surface area contributed by atoms with Crippen molar-refractivity contribution in [2.75, 3.05) is 0 Å². The molecule has 0 aromatic heterocycles. The van der Waals surface area contributed by atoms with Gasteiger partial charge in [0, 0.05) is 5.41 Å². The molecule has 0 aromatic carbocycles. The van der Waals surface area contributed by atoms with E-state index in [2.05, 4.69) is 46.1 Å². The molecular formula is C22H30O. The fourth-order valence-corrected chi connectivity index (χ4v) is 5.61. The lowest BCUT2D eigenvalue weighted by Gasteiger charge is -2.57. The maximum atomic E-state index is 11.9. The number of hydrogen-bond donors (Lipinski definition) is 0. The molecule has 3 rings (SSSR count). The zero-order chi connectivity index (χ0) is 16.8. The summed E-state index contributed by atoms with van der Waals surface area (Å²) >= 11 is 0. The van der Waals surface area contributed by atoms with Crippen molar-refractivity contribution < 1.29 is 4.79 Å². The molecule has 0 aliphatic heterocycles. The first-order chi connectivity index (χ1) is 10.8. The van der Waals surface area contributed by atoms with Crippen molar-refractivity contribution in [3.05, 3.63) is 48.6 Å². The molecule has 0 radical (unpaired) electrons. The van der Waals surface area contributed by atoms with Gasteiger partial charge in [-0.2, -0.15) is 0 Å². The number of ketones is 1. The Bertz CT molecular complexity index is 603. The maximum absolute atomic E-state index is 11.9. The molecule has 2 saturated carbocycles. The minimum absolute atomic E-state index is 0.00314. The van der Waals surface area contributed by atoms with E-state index in [0.717, 1.165) is 12.8 Å². The van der Waals surface area contributed by atoms with Gasteiger partial charge in [0.1, 0.15) is 0 Å². The second-order valence-electron chi connectivity index (χ2n) is 8.65. The van der Waals surface area contributed by atoms with Crippen LogP contribution in [-0.4, -0.2) is 5.78 Å². The number of allylic oxidation sites excluding steroid dienone is 6. The number of carbonyl (C=O) groups excluding carboxylic acids is 1. The zero-order valence-corrected chi connectivity index (χ0v) is 14.9. The van der Waals surface area contributed by atoms with E-state index < -0.39 is 0 Å². The Balaban J connectivity index is 1.99. The number of fused-ring (bicyclic) bond motifs is 3. The van der Waals surface area contributed by atoms with Gasteiger partial charge < -0.3 is 0 Å². The van der Waals surface area contributed by atoms with E-state index in [1.165, 1.54) is 30.4 Å². The highest BCUT2D eigenvalue weighted by Crippen LogP contribution is 2.62. The van der Waals surface area contributed by atoms with Crippen LogP contribution < -0.4 is 0 Å². The Morgan fingerprint density at radius 3 is 2.78 bits per heavy atom. The molecule has 1 nitrogen and oxygen atoms in total. The van der Waals surface area contributed by atoms with Gasteiger partial charge in [-0.15, -0.1) is 6.58 Å². The molecule has 0 heterocycles. The Morgan fingerprint density at radius 2 is 2.09 bits per heavy atom. The van der Waals surface area contributed by atoms with Gasteiger partial charge in [0.05, 0.1) is 0 Å². The van der Waals surface area contributed by atoms with Crippen molar-refractivity contribution >= 4 is 5.78 Å². The summed E-state index contributed by atoms with van der Waals surface area (Å²) in [6, 6.07) is 0. The van der Waals surface area contributed by atoms with Gasteiger partial charge in [-0.1, -0.05) is 45.1 Å². The molecule has 0 aromatic rings. The van der Waals surface area contributed by atoms with Gasteiger partial charge in [0.2, 0.25) is 0 Å². The molecule has 0 spiro atoms. The second-order valence-corrected chi connectivity index (χ2v) is 8.65. The molecule has 0 amide bonds. The molecule has 4 atom stereocenters. The third kappa shape index (κ3) is 2.58. The Morgan fingerprint density at radius 1 is 1.35 bits per heavy atom. The van der Waals surface area contributed by atoms with Crippen molar-refractivity contribution in [2.24, 2.45) is 28.6 Å². The predicted octanol–water partition coefficient (Wildman–Crippen LogP) is 5.65. The molecule has 3 unspecified atom stereocenters. The third-order valence-corrected chi connectivity index (χ3v) is 6.91. The molecule has 0 bridgehead atoms. The summed E-state index contributed by atoms with van der Waals surface area (Å²) < 4.78 is 0. The molecular weight excluding hydrogens is 280 g/mol. The van der Waals surface area contributed by atoms with Crippen LogP contribution in [0, 0.1) is 28.6 Å². The highest BCUT2D eigenvalue weighted by atomic mass is 16.1. The number of rotatable bonds is 3. The predicted molar refractivity (Wildman–Crippen MR) is 97.0 cm³/mol. The molecule has 1 heteroatoms. The van der Waals surface area contributed by atoms with Crippen molar-refractivity contribution in [2.45, 2.75) is 52.9 Å². The Labute approximate surface area is 141 Å². The summed E-state index contributed by atoms with van der Waals surface area (Å²) in [5.41, 5.74) is 2.77. The van der Waals surface area contributed by atoms with Crippen LogP contribution in [0.1, 0.15) is 52.9 Å². The van der Waals surface area contributed by atoms with E-state index >= 15 is 0 Å². The highest BCUT2D eigenvalue weighted by molar-refractivity contribution is 6.01. The summed E-state index contributed by atoms with van der Waals surface area (Å²) in [5, 5.41) is 0. The molecule has 0 N–H and O–H groups in total. The molecule has 3 aliphatic rings. The van der Waals surface area contributed by atoms with Crippen LogP contribution in [0.25, 0.3) is 0 Å². The van der Waals surface area contributed by atoms with Crippen LogP contribution in [0.15, 0.2) is 48.6 Å². The van der Waals surface area contributed by atoms with Crippen molar-refractivity contribution in [1.82, 2.24) is 0 Å². The second kappa shape index (κ2) is 5.61. The smallest absolute Gasteiger partial charge is 0.178 e. The van der Waals surface area contributed by atoms with Gasteiger partial charge in [-0.25, -0.2) is 0 Å². The lowest BCUT2D eigenvalue weighted by Crippen LogP contribution is -2.49. The molecule has 2 fully saturated rings. The van der Waals surface area contributed by atoms with Crippen molar-refractivity contribution in [3.63, 3.8) is 0 Å². The van der Waals surface area contributed by atoms with E-state index in [9.17, 15) is 4.79 Å². The van der Waals surface area contributed by atoms with Crippen LogP contribution in [0.2, 0.25) is 0 Å². The average Bonchev–Trinajstić information content (AvgIpc) is 2.48. The van der Waals surface area contributed by atoms with E-state index in [-0.39, 0.29) is 11.2 Å². The quantitative estimate of drug-likeness (QED) is 0.615. The Kier molecular flexibility index (Phi) is 4.02. The average molecular weight is 310 g/mol. The van der Waals surface area contributed by atoms with Crippen molar-refractivity contribution in [3.8, 4) is 0 Å². The standard InChI is InChI=1S/C22H30O/c1-6-7-8-18-17-13-15(2)20-14-16(23)9-12-22(20,5)19(17)10-11-21(18,3)4/h6,9,12,14,17-19H,1-2,7-8,10-11,13H2,3-5H3/t17?,18?,19?,22-/m1/s1. The monoisotopic (exact) mass is 310 g/mol. The number of carbonyl (C=O) groups is 1. The van der Waals surface area contributed by atoms with Crippen LogP contribution in [-0.2, 0) is 4.79 Å². The SMILES string of the molecule is C=CCCC1C2CC(=C)C3=CC(=O)C=C[C@]3(C)C2CCC1(C)C. The van der Waals surface area contributed by atoms with Crippen LogP contribution in [0.3, 0.4) is 0 Å². The summed E-state index contributed by atoms with van der Waals surface area (Å²) in [6.45, 7) is 15.5. The third-order valence-electron chi connectivity index (χ3n) is 6.91. The van der Waals surface area contributed by atoms with E-state index in [4.69, 9.17) is 0 Å². The number of hydrogen-bond acceptors (Lipinski definition) is 1. The minimum atomic E-state index is -0.00314. The van der Waals surface area contributed by atoms with Crippen LogP contribution in [0.5, 0.6) is 0 Å². The van der Waals surface area contributed by atoms with Gasteiger partial charge >= 0.3 is 0 Å². The topological polar surface area (TPSA) is 17.1 Å². The van der Waals surface area contributed by atoms with Crippen LogP contribution >= 0.6 is 0 Å². The molecule has 0 saturated heterocycles. The van der Waals surface area contributed by atoms with E-state index in [1.54, 1.807) is 6.08 Å². The first-order valence-corrected chi connectivity index (χ1v) is 9.04. The van der Waals surface area contributed by atoms with Gasteiger partial charge in [0.25, 0.3) is 0 Å². The van der Waals surface area contributed by atoms with Gasteiger partial charge in [-0.3, -0.25) is 4.79 Å². The lowest BCUT2D eigenvalue weighted by atomic mass is 9.47.